The van der Waals surface area contributed by atoms with E-state index in [-0.39, 0.29) is 24.4 Å². The summed E-state index contributed by atoms with van der Waals surface area (Å²) in [6.07, 6.45) is 0. The summed E-state index contributed by atoms with van der Waals surface area (Å²) in [4.78, 5) is 38.5. The maximum absolute atomic E-state index is 12.5. The highest BCUT2D eigenvalue weighted by Gasteiger charge is 2.31. The SMILES string of the molecule is C=C1c2ccccc2C(=O)N1CC(=O)Nc1cc(C(=O)NC(C)C)ccc1Cl. The lowest BCUT2D eigenvalue weighted by Crippen LogP contribution is -2.33. The summed E-state index contributed by atoms with van der Waals surface area (Å²) in [6.45, 7) is 7.42. The van der Waals surface area contributed by atoms with E-state index in [1.165, 1.54) is 11.0 Å². The molecule has 1 aliphatic rings. The van der Waals surface area contributed by atoms with Crippen molar-refractivity contribution in [3.63, 3.8) is 0 Å². The normalized spacial score (nSPS) is 12.9. The van der Waals surface area contributed by atoms with Crippen molar-refractivity contribution in [1.82, 2.24) is 10.2 Å². The van der Waals surface area contributed by atoms with Crippen LogP contribution in [0.2, 0.25) is 5.02 Å². The summed E-state index contributed by atoms with van der Waals surface area (Å²) < 4.78 is 0. The van der Waals surface area contributed by atoms with E-state index in [9.17, 15) is 14.4 Å². The van der Waals surface area contributed by atoms with Gasteiger partial charge in [-0.1, -0.05) is 36.4 Å². The number of anilines is 1. The van der Waals surface area contributed by atoms with Gasteiger partial charge in [-0.05, 0) is 38.1 Å². The van der Waals surface area contributed by atoms with Gasteiger partial charge in [0.1, 0.15) is 6.54 Å². The molecule has 0 saturated carbocycles. The fraction of sp³-hybridized carbons (Fsp3) is 0.190. The number of rotatable bonds is 5. The highest BCUT2D eigenvalue weighted by Crippen LogP contribution is 2.31. The molecule has 0 fully saturated rings. The van der Waals surface area contributed by atoms with E-state index in [1.54, 1.807) is 30.3 Å². The first-order valence-corrected chi connectivity index (χ1v) is 9.16. The van der Waals surface area contributed by atoms with Gasteiger partial charge < -0.3 is 10.6 Å². The summed E-state index contributed by atoms with van der Waals surface area (Å²) >= 11 is 6.15. The van der Waals surface area contributed by atoms with Crippen molar-refractivity contribution in [2.75, 3.05) is 11.9 Å². The quantitative estimate of drug-likeness (QED) is 0.809. The predicted octanol–water partition coefficient (Wildman–Crippen LogP) is 3.54. The van der Waals surface area contributed by atoms with E-state index in [2.05, 4.69) is 17.2 Å². The van der Waals surface area contributed by atoms with Gasteiger partial charge in [0.2, 0.25) is 5.91 Å². The molecule has 1 heterocycles. The van der Waals surface area contributed by atoms with Gasteiger partial charge in [-0.25, -0.2) is 0 Å². The number of nitrogens with one attached hydrogen (secondary N) is 2. The van der Waals surface area contributed by atoms with E-state index < -0.39 is 5.91 Å². The summed E-state index contributed by atoms with van der Waals surface area (Å²) in [7, 11) is 0. The summed E-state index contributed by atoms with van der Waals surface area (Å²) in [5.74, 6) is -0.974. The highest BCUT2D eigenvalue weighted by molar-refractivity contribution is 6.34. The Morgan fingerprint density at radius 2 is 1.82 bits per heavy atom. The van der Waals surface area contributed by atoms with Gasteiger partial charge in [-0.2, -0.15) is 0 Å². The Bertz CT molecular complexity index is 950. The lowest BCUT2D eigenvalue weighted by Gasteiger charge is -2.17. The number of nitrogens with zero attached hydrogens (tertiary/aromatic N) is 1. The molecular formula is C21H20ClN3O3. The molecule has 0 bridgehead atoms. The van der Waals surface area contributed by atoms with Crippen LogP contribution in [0, 0.1) is 0 Å². The molecule has 7 heteroatoms. The number of hydrogen-bond acceptors (Lipinski definition) is 3. The van der Waals surface area contributed by atoms with Gasteiger partial charge in [0.15, 0.2) is 0 Å². The molecule has 0 aromatic heterocycles. The van der Waals surface area contributed by atoms with Gasteiger partial charge in [-0.3, -0.25) is 19.3 Å². The molecule has 6 nitrogen and oxygen atoms in total. The molecule has 0 unspecified atom stereocenters. The first-order valence-electron chi connectivity index (χ1n) is 8.78. The molecule has 2 aromatic rings. The zero-order valence-corrected chi connectivity index (χ0v) is 16.3. The van der Waals surface area contributed by atoms with Crippen molar-refractivity contribution in [3.8, 4) is 0 Å². The van der Waals surface area contributed by atoms with Gasteiger partial charge in [0.05, 0.1) is 10.7 Å². The molecule has 28 heavy (non-hydrogen) atoms. The predicted molar refractivity (Wildman–Crippen MR) is 109 cm³/mol. The number of carbonyl (C=O) groups excluding carboxylic acids is 3. The van der Waals surface area contributed by atoms with E-state index in [0.717, 1.165) is 0 Å². The van der Waals surface area contributed by atoms with Crippen molar-refractivity contribution in [2.24, 2.45) is 0 Å². The van der Waals surface area contributed by atoms with Gasteiger partial charge >= 0.3 is 0 Å². The first-order chi connectivity index (χ1) is 13.3. The number of hydrogen-bond donors (Lipinski definition) is 2. The standard InChI is InChI=1S/C21H20ClN3O3/c1-12(2)23-20(27)14-8-9-17(22)18(10-14)24-19(26)11-25-13(3)15-6-4-5-7-16(15)21(25)28/h4-10,12H,3,11H2,1-2H3,(H,23,27)(H,24,26). The Labute approximate surface area is 168 Å². The van der Waals surface area contributed by atoms with Crippen molar-refractivity contribution < 1.29 is 14.4 Å². The van der Waals surface area contributed by atoms with Crippen LogP contribution in [0.4, 0.5) is 5.69 Å². The lowest BCUT2D eigenvalue weighted by atomic mass is 10.1. The minimum absolute atomic E-state index is 0.0185. The fourth-order valence-electron chi connectivity index (χ4n) is 2.94. The summed E-state index contributed by atoms with van der Waals surface area (Å²) in [5, 5.41) is 5.74. The van der Waals surface area contributed by atoms with E-state index >= 15 is 0 Å². The molecule has 0 atom stereocenters. The average molecular weight is 398 g/mol. The molecule has 1 aliphatic heterocycles. The summed E-state index contributed by atoms with van der Waals surface area (Å²) in [6, 6.07) is 11.7. The van der Waals surface area contributed by atoms with Crippen LogP contribution in [0.25, 0.3) is 5.70 Å². The van der Waals surface area contributed by atoms with Crippen LogP contribution < -0.4 is 10.6 Å². The Kier molecular flexibility index (Phi) is 5.51. The number of carbonyl (C=O) groups is 3. The van der Waals surface area contributed by atoms with Crippen LogP contribution in [0.3, 0.4) is 0 Å². The van der Waals surface area contributed by atoms with Crippen LogP contribution in [0.1, 0.15) is 40.1 Å². The topological polar surface area (TPSA) is 78.5 Å². The second kappa shape index (κ2) is 7.86. The van der Waals surface area contributed by atoms with Crippen LogP contribution in [-0.2, 0) is 4.79 Å². The number of benzene rings is 2. The maximum atomic E-state index is 12.5. The van der Waals surface area contributed by atoms with Crippen LogP contribution in [-0.4, -0.2) is 35.2 Å². The van der Waals surface area contributed by atoms with Crippen molar-refractivity contribution in [1.29, 1.82) is 0 Å². The summed E-state index contributed by atoms with van der Waals surface area (Å²) in [5.41, 5.74) is 2.39. The lowest BCUT2D eigenvalue weighted by molar-refractivity contribution is -0.116. The molecule has 2 aromatic carbocycles. The molecule has 0 spiro atoms. The molecule has 3 rings (SSSR count). The van der Waals surface area contributed by atoms with E-state index in [4.69, 9.17) is 11.6 Å². The average Bonchev–Trinajstić information content (AvgIpc) is 2.88. The zero-order valence-electron chi connectivity index (χ0n) is 15.6. The minimum atomic E-state index is -0.439. The molecule has 2 N–H and O–H groups in total. The molecule has 3 amide bonds. The molecular weight excluding hydrogens is 378 g/mol. The van der Waals surface area contributed by atoms with Crippen LogP contribution in [0.5, 0.6) is 0 Å². The Balaban J connectivity index is 1.73. The monoisotopic (exact) mass is 397 g/mol. The second-order valence-electron chi connectivity index (χ2n) is 6.75. The Hall–Kier alpha value is -3.12. The van der Waals surface area contributed by atoms with Crippen molar-refractivity contribution in [3.05, 3.63) is 70.8 Å². The van der Waals surface area contributed by atoms with Crippen molar-refractivity contribution in [2.45, 2.75) is 19.9 Å². The molecule has 0 aliphatic carbocycles. The largest absolute Gasteiger partial charge is 0.350 e. The molecule has 0 saturated heterocycles. The minimum Gasteiger partial charge on any atom is -0.350 e. The van der Waals surface area contributed by atoms with Gasteiger partial charge in [0.25, 0.3) is 11.8 Å². The van der Waals surface area contributed by atoms with Gasteiger partial charge in [0, 0.05) is 28.4 Å². The van der Waals surface area contributed by atoms with E-state index in [1.807, 2.05) is 19.9 Å². The third kappa shape index (κ3) is 3.92. The van der Waals surface area contributed by atoms with Crippen molar-refractivity contribution >= 4 is 40.7 Å². The van der Waals surface area contributed by atoms with Crippen LogP contribution in [0.15, 0.2) is 49.0 Å². The number of halogens is 1. The fourth-order valence-corrected chi connectivity index (χ4v) is 3.11. The Morgan fingerprint density at radius 1 is 1.14 bits per heavy atom. The molecule has 0 radical (unpaired) electrons. The number of fused-ring (bicyclic) bond motifs is 1. The number of amides is 3. The maximum Gasteiger partial charge on any atom is 0.259 e. The smallest absolute Gasteiger partial charge is 0.259 e. The molecule has 144 valence electrons. The zero-order chi connectivity index (χ0) is 20.4. The highest BCUT2D eigenvalue weighted by atomic mass is 35.5. The van der Waals surface area contributed by atoms with Gasteiger partial charge in [-0.15, -0.1) is 0 Å². The first kappa shape index (κ1) is 19.6. The Morgan fingerprint density at radius 3 is 2.46 bits per heavy atom. The third-order valence-electron chi connectivity index (χ3n) is 4.26. The third-order valence-corrected chi connectivity index (χ3v) is 4.59. The van der Waals surface area contributed by atoms with Crippen LogP contribution >= 0.6 is 11.6 Å². The second-order valence-corrected chi connectivity index (χ2v) is 7.16. The van der Waals surface area contributed by atoms with E-state index in [0.29, 0.717) is 33.1 Å².